The molecule has 0 saturated heterocycles. The molecule has 1 amide bonds. The Morgan fingerprint density at radius 2 is 2.09 bits per heavy atom. The van der Waals surface area contributed by atoms with E-state index in [2.05, 4.69) is 10.1 Å². The van der Waals surface area contributed by atoms with Crippen molar-refractivity contribution in [3.63, 3.8) is 0 Å². The molecule has 0 radical (unpaired) electrons. The number of hydrogen-bond acceptors (Lipinski definition) is 4. The third kappa shape index (κ3) is 3.24. The molecule has 0 aliphatic carbocycles. The Kier molecular flexibility index (Phi) is 4.75. The molecule has 0 spiro atoms. The van der Waals surface area contributed by atoms with Crippen molar-refractivity contribution >= 4 is 22.9 Å². The van der Waals surface area contributed by atoms with Crippen molar-refractivity contribution in [3.8, 4) is 0 Å². The first kappa shape index (κ1) is 15.9. The Labute approximate surface area is 128 Å². The smallest absolute Gasteiger partial charge is 0.323 e. The van der Waals surface area contributed by atoms with Gasteiger partial charge >= 0.3 is 5.97 Å². The molecule has 0 aliphatic heterocycles. The van der Waals surface area contributed by atoms with Gasteiger partial charge in [-0.2, -0.15) is 5.10 Å². The first-order valence-corrected chi connectivity index (χ1v) is 7.28. The van der Waals surface area contributed by atoms with E-state index < -0.39 is 5.97 Å². The van der Waals surface area contributed by atoms with Gasteiger partial charge in [-0.15, -0.1) is 0 Å². The van der Waals surface area contributed by atoms with Crippen LogP contribution >= 0.6 is 0 Å². The first-order chi connectivity index (χ1) is 10.4. The minimum absolute atomic E-state index is 0.176. The van der Waals surface area contributed by atoms with Crippen LogP contribution in [-0.4, -0.2) is 49.7 Å². The Morgan fingerprint density at radius 1 is 1.36 bits per heavy atom. The summed E-state index contributed by atoms with van der Waals surface area (Å²) in [7, 11) is 0. The molecule has 0 unspecified atom stereocenters. The highest BCUT2D eigenvalue weighted by atomic mass is 16.4. The summed E-state index contributed by atoms with van der Waals surface area (Å²) in [5.74, 6) is -1.35. The second-order valence-electron chi connectivity index (χ2n) is 5.44. The summed E-state index contributed by atoms with van der Waals surface area (Å²) in [5, 5.41) is 13.9. The van der Waals surface area contributed by atoms with E-state index in [1.165, 1.54) is 11.1 Å². The number of carboxylic acids is 1. The molecule has 0 aromatic carbocycles. The lowest BCUT2D eigenvalue weighted by atomic mass is 10.2. The number of aromatic nitrogens is 3. The van der Waals surface area contributed by atoms with Crippen LogP contribution in [0.1, 0.15) is 43.6 Å². The number of rotatable bonds is 6. The number of amides is 1. The monoisotopic (exact) mass is 304 g/mol. The van der Waals surface area contributed by atoms with E-state index in [9.17, 15) is 9.59 Å². The standard InChI is InChI=1S/C15H20N4O3/c1-4-5-18(9-13(20)21)15(22)12-6-11-8-17-19(10(2)3)14(11)16-7-12/h6-8,10H,4-5,9H2,1-3H3,(H,20,21). The quantitative estimate of drug-likeness (QED) is 0.881. The van der Waals surface area contributed by atoms with E-state index >= 15 is 0 Å². The van der Waals surface area contributed by atoms with Crippen LogP contribution in [0.2, 0.25) is 0 Å². The zero-order valence-electron chi connectivity index (χ0n) is 13.0. The number of nitrogens with zero attached hydrogens (tertiary/aromatic N) is 4. The predicted molar refractivity (Wildman–Crippen MR) is 81.7 cm³/mol. The van der Waals surface area contributed by atoms with Gasteiger partial charge < -0.3 is 10.0 Å². The second kappa shape index (κ2) is 6.55. The Hall–Kier alpha value is -2.44. The van der Waals surface area contributed by atoms with Gasteiger partial charge in [-0.1, -0.05) is 6.92 Å². The molecule has 118 valence electrons. The van der Waals surface area contributed by atoms with Gasteiger partial charge in [0.05, 0.1) is 11.8 Å². The van der Waals surface area contributed by atoms with Gasteiger partial charge in [0.2, 0.25) is 0 Å². The molecule has 2 aromatic rings. The van der Waals surface area contributed by atoms with Gasteiger partial charge in [-0.25, -0.2) is 9.67 Å². The van der Waals surface area contributed by atoms with Crippen molar-refractivity contribution in [1.82, 2.24) is 19.7 Å². The largest absolute Gasteiger partial charge is 0.480 e. The Balaban J connectivity index is 2.32. The van der Waals surface area contributed by atoms with Gasteiger partial charge in [0.15, 0.2) is 5.65 Å². The lowest BCUT2D eigenvalue weighted by Crippen LogP contribution is -2.36. The zero-order valence-corrected chi connectivity index (χ0v) is 13.0. The number of carboxylic acid groups (broad SMARTS) is 1. The minimum atomic E-state index is -1.02. The lowest BCUT2D eigenvalue weighted by Gasteiger charge is -2.19. The predicted octanol–water partition coefficient (Wildman–Crippen LogP) is 1.95. The van der Waals surface area contributed by atoms with Crippen molar-refractivity contribution < 1.29 is 14.7 Å². The van der Waals surface area contributed by atoms with Crippen LogP contribution in [0.25, 0.3) is 11.0 Å². The van der Waals surface area contributed by atoms with Crippen molar-refractivity contribution in [1.29, 1.82) is 0 Å². The highest BCUT2D eigenvalue weighted by Crippen LogP contribution is 2.17. The fraction of sp³-hybridized carbons (Fsp3) is 0.467. The minimum Gasteiger partial charge on any atom is -0.480 e. The van der Waals surface area contributed by atoms with Crippen molar-refractivity contribution in [2.75, 3.05) is 13.1 Å². The third-order valence-electron chi connectivity index (χ3n) is 3.28. The summed E-state index contributed by atoms with van der Waals surface area (Å²) in [4.78, 5) is 29.0. The second-order valence-corrected chi connectivity index (χ2v) is 5.44. The summed E-state index contributed by atoms with van der Waals surface area (Å²) in [6.07, 6.45) is 3.84. The lowest BCUT2D eigenvalue weighted by molar-refractivity contribution is -0.137. The zero-order chi connectivity index (χ0) is 16.3. The third-order valence-corrected chi connectivity index (χ3v) is 3.28. The van der Waals surface area contributed by atoms with Crippen LogP contribution in [0.5, 0.6) is 0 Å². The van der Waals surface area contributed by atoms with E-state index in [0.717, 1.165) is 5.39 Å². The van der Waals surface area contributed by atoms with E-state index in [4.69, 9.17) is 5.11 Å². The maximum absolute atomic E-state index is 12.5. The van der Waals surface area contributed by atoms with Crippen molar-refractivity contribution in [2.24, 2.45) is 0 Å². The van der Waals surface area contributed by atoms with Crippen molar-refractivity contribution in [3.05, 3.63) is 24.0 Å². The number of carbonyl (C=O) groups is 2. The van der Waals surface area contributed by atoms with E-state index in [0.29, 0.717) is 24.2 Å². The maximum Gasteiger partial charge on any atom is 0.323 e. The molecule has 2 rings (SSSR count). The molecule has 2 heterocycles. The molecule has 0 atom stereocenters. The van der Waals surface area contributed by atoms with Gasteiger partial charge in [0, 0.05) is 24.2 Å². The van der Waals surface area contributed by atoms with Crippen LogP contribution in [0, 0.1) is 0 Å². The molecule has 1 N–H and O–H groups in total. The molecule has 0 fully saturated rings. The van der Waals surface area contributed by atoms with Gasteiger partial charge in [0.1, 0.15) is 6.54 Å². The Morgan fingerprint density at radius 3 is 2.68 bits per heavy atom. The van der Waals surface area contributed by atoms with Crippen LogP contribution < -0.4 is 0 Å². The number of hydrogen-bond donors (Lipinski definition) is 1. The summed E-state index contributed by atoms with van der Waals surface area (Å²) >= 11 is 0. The highest BCUT2D eigenvalue weighted by molar-refractivity contribution is 5.98. The summed E-state index contributed by atoms with van der Waals surface area (Å²) in [6, 6.07) is 1.89. The van der Waals surface area contributed by atoms with Crippen LogP contribution in [0.15, 0.2) is 18.5 Å². The molecule has 7 heteroatoms. The van der Waals surface area contributed by atoms with E-state index in [-0.39, 0.29) is 18.5 Å². The van der Waals surface area contributed by atoms with E-state index in [1.807, 2.05) is 20.8 Å². The molecule has 22 heavy (non-hydrogen) atoms. The normalized spacial score (nSPS) is 11.1. The van der Waals surface area contributed by atoms with Gasteiger partial charge in [-0.3, -0.25) is 9.59 Å². The maximum atomic E-state index is 12.5. The number of carbonyl (C=O) groups excluding carboxylic acids is 1. The Bertz CT molecular complexity index is 693. The number of aliphatic carboxylic acids is 1. The molecule has 0 bridgehead atoms. The molecule has 2 aromatic heterocycles. The average Bonchev–Trinajstić information content (AvgIpc) is 2.88. The summed E-state index contributed by atoms with van der Waals surface area (Å²) in [6.45, 7) is 5.99. The topological polar surface area (TPSA) is 88.3 Å². The number of fused-ring (bicyclic) bond motifs is 1. The van der Waals surface area contributed by atoms with E-state index in [1.54, 1.807) is 16.9 Å². The van der Waals surface area contributed by atoms with Crippen LogP contribution in [-0.2, 0) is 4.79 Å². The fourth-order valence-electron chi connectivity index (χ4n) is 2.30. The molecule has 0 saturated carbocycles. The molecule has 7 nitrogen and oxygen atoms in total. The summed E-state index contributed by atoms with van der Waals surface area (Å²) < 4.78 is 1.78. The summed E-state index contributed by atoms with van der Waals surface area (Å²) in [5.41, 5.74) is 1.09. The van der Waals surface area contributed by atoms with Gasteiger partial charge in [0.25, 0.3) is 5.91 Å². The SMILES string of the molecule is CCCN(CC(=O)O)C(=O)c1cnc2c(cnn2C(C)C)c1. The van der Waals surface area contributed by atoms with Crippen LogP contribution in [0.4, 0.5) is 0 Å². The van der Waals surface area contributed by atoms with Crippen LogP contribution in [0.3, 0.4) is 0 Å². The van der Waals surface area contributed by atoms with Gasteiger partial charge in [-0.05, 0) is 26.3 Å². The fourth-order valence-corrected chi connectivity index (χ4v) is 2.30. The molecular formula is C15H20N4O3. The molecule has 0 aliphatic rings. The van der Waals surface area contributed by atoms with Crippen molar-refractivity contribution in [2.45, 2.75) is 33.2 Å². The average molecular weight is 304 g/mol. The number of pyridine rings is 1. The highest BCUT2D eigenvalue weighted by Gasteiger charge is 2.19. The molecular weight excluding hydrogens is 284 g/mol. The first-order valence-electron chi connectivity index (χ1n) is 7.28.